The monoisotopic (exact) mass is 375 g/mol. The maximum absolute atomic E-state index is 5.12. The normalized spacial score (nSPS) is 10.5. The van der Waals surface area contributed by atoms with E-state index in [2.05, 4.69) is 40.4 Å². The standard InChI is InChI=1S/C14H21N3O.HI/c1-4-8-16-14(15-2)17-10-12-6-5-7-13(9-12)11-18-3;/h4-7,9H,1,8,10-11H2,2-3H3,(H2,15,16,17);1H. The zero-order valence-corrected chi connectivity index (χ0v) is 13.8. The summed E-state index contributed by atoms with van der Waals surface area (Å²) < 4.78 is 5.12. The van der Waals surface area contributed by atoms with Crippen molar-refractivity contribution in [2.45, 2.75) is 13.2 Å². The molecule has 0 aliphatic heterocycles. The van der Waals surface area contributed by atoms with Gasteiger partial charge in [-0.2, -0.15) is 0 Å². The Morgan fingerprint density at radius 3 is 2.74 bits per heavy atom. The molecule has 0 aromatic heterocycles. The molecule has 106 valence electrons. The first-order valence-corrected chi connectivity index (χ1v) is 5.92. The average molecular weight is 375 g/mol. The molecular formula is C14H22IN3O. The zero-order chi connectivity index (χ0) is 13.2. The molecule has 0 atom stereocenters. The highest BCUT2D eigenvalue weighted by Gasteiger charge is 1.98. The lowest BCUT2D eigenvalue weighted by molar-refractivity contribution is 0.185. The number of hydrogen-bond donors (Lipinski definition) is 2. The van der Waals surface area contributed by atoms with Gasteiger partial charge in [0.25, 0.3) is 0 Å². The second-order valence-electron chi connectivity index (χ2n) is 3.85. The summed E-state index contributed by atoms with van der Waals surface area (Å²) >= 11 is 0. The highest BCUT2D eigenvalue weighted by molar-refractivity contribution is 14.0. The predicted octanol–water partition coefficient (Wildman–Crippen LogP) is 2.30. The number of ether oxygens (including phenoxy) is 1. The molecule has 2 N–H and O–H groups in total. The maximum atomic E-state index is 5.12. The Balaban J connectivity index is 0.00000324. The van der Waals surface area contributed by atoms with Crippen LogP contribution in [0.3, 0.4) is 0 Å². The van der Waals surface area contributed by atoms with E-state index in [-0.39, 0.29) is 24.0 Å². The van der Waals surface area contributed by atoms with Gasteiger partial charge < -0.3 is 15.4 Å². The molecule has 0 saturated heterocycles. The molecule has 0 radical (unpaired) electrons. The molecule has 0 aliphatic carbocycles. The SMILES string of the molecule is C=CCNC(=NC)NCc1cccc(COC)c1.I. The number of benzene rings is 1. The van der Waals surface area contributed by atoms with Crippen molar-refractivity contribution >= 4 is 29.9 Å². The van der Waals surface area contributed by atoms with Crippen molar-refractivity contribution < 1.29 is 4.74 Å². The number of hydrogen-bond acceptors (Lipinski definition) is 2. The number of halogens is 1. The van der Waals surface area contributed by atoms with Gasteiger partial charge in [-0.25, -0.2) is 0 Å². The third kappa shape index (κ3) is 7.17. The smallest absolute Gasteiger partial charge is 0.191 e. The van der Waals surface area contributed by atoms with E-state index in [1.54, 1.807) is 20.2 Å². The van der Waals surface area contributed by atoms with E-state index >= 15 is 0 Å². The van der Waals surface area contributed by atoms with Crippen molar-refractivity contribution in [3.63, 3.8) is 0 Å². The van der Waals surface area contributed by atoms with Crippen LogP contribution in [0.1, 0.15) is 11.1 Å². The van der Waals surface area contributed by atoms with Gasteiger partial charge in [0.15, 0.2) is 5.96 Å². The van der Waals surface area contributed by atoms with Crippen LogP contribution in [-0.4, -0.2) is 26.7 Å². The van der Waals surface area contributed by atoms with Gasteiger partial charge in [0.05, 0.1) is 6.61 Å². The molecule has 1 aromatic rings. The summed E-state index contributed by atoms with van der Waals surface area (Å²) in [5.41, 5.74) is 2.37. The fraction of sp³-hybridized carbons (Fsp3) is 0.357. The Hall–Kier alpha value is -1.08. The lowest BCUT2D eigenvalue weighted by Crippen LogP contribution is -2.36. The molecular weight excluding hydrogens is 353 g/mol. The van der Waals surface area contributed by atoms with Crippen molar-refractivity contribution in [3.05, 3.63) is 48.0 Å². The summed E-state index contributed by atoms with van der Waals surface area (Å²) in [6, 6.07) is 8.29. The quantitative estimate of drug-likeness (QED) is 0.347. The van der Waals surface area contributed by atoms with E-state index in [0.717, 1.165) is 12.5 Å². The summed E-state index contributed by atoms with van der Waals surface area (Å²) in [6.45, 7) is 5.72. The van der Waals surface area contributed by atoms with Gasteiger partial charge in [-0.3, -0.25) is 4.99 Å². The molecule has 0 aliphatic rings. The van der Waals surface area contributed by atoms with E-state index in [9.17, 15) is 0 Å². The van der Waals surface area contributed by atoms with Crippen molar-refractivity contribution in [2.75, 3.05) is 20.7 Å². The first-order chi connectivity index (χ1) is 8.80. The predicted molar refractivity (Wildman–Crippen MR) is 91.0 cm³/mol. The topological polar surface area (TPSA) is 45.7 Å². The summed E-state index contributed by atoms with van der Waals surface area (Å²) in [7, 11) is 3.45. The number of nitrogens with zero attached hydrogens (tertiary/aromatic N) is 1. The van der Waals surface area contributed by atoms with E-state index in [4.69, 9.17) is 4.74 Å². The van der Waals surface area contributed by atoms with Crippen LogP contribution >= 0.6 is 24.0 Å². The van der Waals surface area contributed by atoms with E-state index in [0.29, 0.717) is 13.2 Å². The Labute approximate surface area is 132 Å². The molecule has 0 bridgehead atoms. The van der Waals surface area contributed by atoms with Gasteiger partial charge in [0.1, 0.15) is 0 Å². The highest BCUT2D eigenvalue weighted by Crippen LogP contribution is 2.06. The summed E-state index contributed by atoms with van der Waals surface area (Å²) in [5.74, 6) is 0.770. The van der Waals surface area contributed by atoms with Crippen LogP contribution in [0.25, 0.3) is 0 Å². The zero-order valence-electron chi connectivity index (χ0n) is 11.5. The fourth-order valence-corrected chi connectivity index (χ4v) is 1.57. The van der Waals surface area contributed by atoms with E-state index < -0.39 is 0 Å². The number of rotatable bonds is 6. The van der Waals surface area contributed by atoms with Crippen molar-refractivity contribution in [1.82, 2.24) is 10.6 Å². The molecule has 0 saturated carbocycles. The molecule has 0 fully saturated rings. The van der Waals surface area contributed by atoms with Crippen molar-refractivity contribution in [1.29, 1.82) is 0 Å². The second kappa shape index (κ2) is 10.8. The van der Waals surface area contributed by atoms with Gasteiger partial charge in [-0.15, -0.1) is 30.6 Å². The lowest BCUT2D eigenvalue weighted by Gasteiger charge is -2.11. The van der Waals surface area contributed by atoms with Gasteiger partial charge in [0.2, 0.25) is 0 Å². The summed E-state index contributed by atoms with van der Waals surface area (Å²) in [6.07, 6.45) is 1.80. The summed E-state index contributed by atoms with van der Waals surface area (Å²) in [4.78, 5) is 4.12. The largest absolute Gasteiger partial charge is 0.380 e. The third-order valence-electron chi connectivity index (χ3n) is 2.40. The number of aliphatic imine (C=N–C) groups is 1. The Morgan fingerprint density at radius 1 is 1.37 bits per heavy atom. The van der Waals surface area contributed by atoms with Crippen LogP contribution < -0.4 is 10.6 Å². The minimum absolute atomic E-state index is 0. The highest BCUT2D eigenvalue weighted by atomic mass is 127. The molecule has 1 rings (SSSR count). The fourth-order valence-electron chi connectivity index (χ4n) is 1.57. The molecule has 4 nitrogen and oxygen atoms in total. The molecule has 0 spiro atoms. The molecule has 1 aromatic carbocycles. The first kappa shape index (κ1) is 17.9. The van der Waals surface area contributed by atoms with Gasteiger partial charge in [-0.1, -0.05) is 30.3 Å². The van der Waals surface area contributed by atoms with Crippen LogP contribution in [0.15, 0.2) is 41.9 Å². The van der Waals surface area contributed by atoms with Gasteiger partial charge in [0, 0.05) is 27.2 Å². The second-order valence-corrected chi connectivity index (χ2v) is 3.85. The van der Waals surface area contributed by atoms with Crippen molar-refractivity contribution in [2.24, 2.45) is 4.99 Å². The van der Waals surface area contributed by atoms with E-state index in [1.165, 1.54) is 11.1 Å². The average Bonchev–Trinajstić information content (AvgIpc) is 2.40. The third-order valence-corrected chi connectivity index (χ3v) is 2.40. The van der Waals surface area contributed by atoms with Crippen molar-refractivity contribution in [3.8, 4) is 0 Å². The molecule has 0 unspecified atom stereocenters. The van der Waals surface area contributed by atoms with Crippen LogP contribution in [-0.2, 0) is 17.9 Å². The van der Waals surface area contributed by atoms with Crippen LogP contribution in [0.2, 0.25) is 0 Å². The Kier molecular flexibility index (Phi) is 10.2. The van der Waals surface area contributed by atoms with Crippen LogP contribution in [0.5, 0.6) is 0 Å². The lowest BCUT2D eigenvalue weighted by atomic mass is 10.1. The number of methoxy groups -OCH3 is 1. The molecule has 0 amide bonds. The minimum Gasteiger partial charge on any atom is -0.380 e. The van der Waals surface area contributed by atoms with Crippen LogP contribution in [0.4, 0.5) is 0 Å². The van der Waals surface area contributed by atoms with Gasteiger partial charge in [-0.05, 0) is 11.1 Å². The Morgan fingerprint density at radius 2 is 2.11 bits per heavy atom. The maximum Gasteiger partial charge on any atom is 0.191 e. The van der Waals surface area contributed by atoms with Gasteiger partial charge >= 0.3 is 0 Å². The molecule has 5 heteroatoms. The Bertz CT molecular complexity index is 407. The first-order valence-electron chi connectivity index (χ1n) is 5.92. The number of nitrogens with one attached hydrogen (secondary N) is 2. The van der Waals surface area contributed by atoms with E-state index in [1.807, 2.05) is 6.07 Å². The molecule has 19 heavy (non-hydrogen) atoms. The van der Waals surface area contributed by atoms with Crippen LogP contribution in [0, 0.1) is 0 Å². The number of guanidine groups is 1. The summed E-state index contributed by atoms with van der Waals surface area (Å²) in [5, 5.41) is 6.37. The molecule has 0 heterocycles. The minimum atomic E-state index is 0.